The molecule has 0 fully saturated rings. The van der Waals surface area contributed by atoms with E-state index in [0.29, 0.717) is 24.9 Å². The summed E-state index contributed by atoms with van der Waals surface area (Å²) in [6.45, 7) is 4.40. The molecule has 1 unspecified atom stereocenters. The molecule has 1 aliphatic heterocycles. The van der Waals surface area contributed by atoms with Crippen molar-refractivity contribution in [1.82, 2.24) is 0 Å². The second-order valence-corrected chi connectivity index (χ2v) is 5.26. The monoisotopic (exact) mass is 261 g/mol. The van der Waals surface area contributed by atoms with Gasteiger partial charge in [0.25, 0.3) is 0 Å². The Bertz CT molecular complexity index is 496. The van der Waals surface area contributed by atoms with Gasteiger partial charge in [0.15, 0.2) is 5.78 Å². The van der Waals surface area contributed by atoms with Gasteiger partial charge in [0, 0.05) is 24.2 Å². The third kappa shape index (κ3) is 2.62. The van der Waals surface area contributed by atoms with Gasteiger partial charge in [-0.15, -0.1) is 0 Å². The van der Waals surface area contributed by atoms with Gasteiger partial charge in [-0.05, 0) is 24.5 Å². The number of carboxylic acid groups (broad SMARTS) is 1. The van der Waals surface area contributed by atoms with Crippen LogP contribution in [-0.2, 0) is 4.79 Å². The van der Waals surface area contributed by atoms with E-state index in [1.165, 1.54) is 0 Å². The number of rotatable bonds is 3. The van der Waals surface area contributed by atoms with Crippen LogP contribution in [0.3, 0.4) is 0 Å². The molecule has 0 saturated carbocycles. The Morgan fingerprint density at radius 1 is 1.32 bits per heavy atom. The van der Waals surface area contributed by atoms with Crippen molar-refractivity contribution in [1.29, 1.82) is 0 Å². The van der Waals surface area contributed by atoms with E-state index >= 15 is 0 Å². The highest BCUT2D eigenvalue weighted by Crippen LogP contribution is 2.29. The molecule has 0 spiro atoms. The van der Waals surface area contributed by atoms with Crippen molar-refractivity contribution >= 4 is 17.4 Å². The van der Waals surface area contributed by atoms with Crippen LogP contribution in [0.5, 0.6) is 0 Å². The molecule has 0 aromatic heterocycles. The molecular weight excluding hydrogens is 242 g/mol. The van der Waals surface area contributed by atoms with Crippen LogP contribution >= 0.6 is 0 Å². The molecule has 0 aliphatic carbocycles. The zero-order valence-electron chi connectivity index (χ0n) is 11.3. The van der Waals surface area contributed by atoms with Crippen molar-refractivity contribution < 1.29 is 14.7 Å². The molecule has 0 saturated heterocycles. The van der Waals surface area contributed by atoms with Gasteiger partial charge in [-0.3, -0.25) is 4.79 Å². The molecule has 1 N–H and O–H groups in total. The zero-order valence-corrected chi connectivity index (χ0v) is 11.3. The van der Waals surface area contributed by atoms with Gasteiger partial charge in [0.1, 0.15) is 6.04 Å². The van der Waals surface area contributed by atoms with Gasteiger partial charge >= 0.3 is 5.97 Å². The summed E-state index contributed by atoms with van der Waals surface area (Å²) in [7, 11) is 0. The van der Waals surface area contributed by atoms with Crippen LogP contribution < -0.4 is 4.90 Å². The lowest BCUT2D eigenvalue weighted by Gasteiger charge is -2.33. The van der Waals surface area contributed by atoms with Gasteiger partial charge in [0.2, 0.25) is 0 Å². The lowest BCUT2D eigenvalue weighted by molar-refractivity contribution is -0.139. The SMILES string of the molecule is CC(C)C(C(=O)O)N1CCCC(=O)c2ccccc21. The molecule has 2 rings (SSSR count). The van der Waals surface area contributed by atoms with Gasteiger partial charge in [-0.25, -0.2) is 4.79 Å². The number of hydrogen-bond donors (Lipinski definition) is 1. The molecule has 0 bridgehead atoms. The predicted octanol–water partition coefficient (Wildman–Crippen LogP) is 2.58. The van der Waals surface area contributed by atoms with E-state index in [4.69, 9.17) is 0 Å². The van der Waals surface area contributed by atoms with Crippen LogP contribution in [0.4, 0.5) is 5.69 Å². The molecule has 0 radical (unpaired) electrons. The number of carboxylic acids is 1. The molecule has 1 aromatic carbocycles. The summed E-state index contributed by atoms with van der Waals surface area (Å²) >= 11 is 0. The van der Waals surface area contributed by atoms with Crippen LogP contribution in [0.15, 0.2) is 24.3 Å². The standard InChI is InChI=1S/C15H19NO3/c1-10(2)14(15(18)19)16-9-5-8-13(17)11-6-3-4-7-12(11)16/h3-4,6-7,10,14H,5,8-9H2,1-2H3,(H,18,19). The van der Waals surface area contributed by atoms with Gasteiger partial charge in [0.05, 0.1) is 0 Å². The number of carbonyl (C=O) groups excluding carboxylic acids is 1. The maximum Gasteiger partial charge on any atom is 0.326 e. The minimum Gasteiger partial charge on any atom is -0.480 e. The van der Waals surface area contributed by atoms with Gasteiger partial charge < -0.3 is 10.0 Å². The van der Waals surface area contributed by atoms with Crippen LogP contribution in [-0.4, -0.2) is 29.4 Å². The second kappa shape index (κ2) is 5.43. The summed E-state index contributed by atoms with van der Waals surface area (Å²) in [5, 5.41) is 9.45. The number of hydrogen-bond acceptors (Lipinski definition) is 3. The number of anilines is 1. The van der Waals surface area contributed by atoms with Crippen molar-refractivity contribution in [2.24, 2.45) is 5.92 Å². The third-order valence-electron chi connectivity index (χ3n) is 3.54. The Morgan fingerprint density at radius 3 is 2.63 bits per heavy atom. The van der Waals surface area contributed by atoms with E-state index in [2.05, 4.69) is 0 Å². The van der Waals surface area contributed by atoms with Crippen LogP contribution in [0.2, 0.25) is 0 Å². The van der Waals surface area contributed by atoms with Crippen LogP contribution in [0, 0.1) is 5.92 Å². The summed E-state index contributed by atoms with van der Waals surface area (Å²) in [5.41, 5.74) is 1.40. The number of aliphatic carboxylic acids is 1. The Balaban J connectivity index is 2.48. The minimum atomic E-state index is -0.834. The summed E-state index contributed by atoms with van der Waals surface area (Å²) in [6.07, 6.45) is 1.18. The first-order valence-electron chi connectivity index (χ1n) is 6.64. The fourth-order valence-electron chi connectivity index (χ4n) is 2.69. The molecular formula is C15H19NO3. The van der Waals surface area contributed by atoms with Crippen molar-refractivity contribution in [3.63, 3.8) is 0 Å². The molecule has 1 aliphatic rings. The first-order valence-corrected chi connectivity index (χ1v) is 6.64. The summed E-state index contributed by atoms with van der Waals surface area (Å²) in [6, 6.07) is 6.72. The third-order valence-corrected chi connectivity index (χ3v) is 3.54. The summed E-state index contributed by atoms with van der Waals surface area (Å²) < 4.78 is 0. The number of nitrogens with zero attached hydrogens (tertiary/aromatic N) is 1. The maximum absolute atomic E-state index is 12.0. The fraction of sp³-hybridized carbons (Fsp3) is 0.467. The molecule has 102 valence electrons. The fourth-order valence-corrected chi connectivity index (χ4v) is 2.69. The molecule has 0 amide bonds. The molecule has 19 heavy (non-hydrogen) atoms. The smallest absolute Gasteiger partial charge is 0.326 e. The number of para-hydroxylation sites is 1. The summed E-state index contributed by atoms with van der Waals surface area (Å²) in [4.78, 5) is 25.4. The lowest BCUT2D eigenvalue weighted by atomic mass is 10.0. The normalized spacial score (nSPS) is 17.0. The molecule has 1 aromatic rings. The average molecular weight is 261 g/mol. The topological polar surface area (TPSA) is 57.6 Å². The van der Waals surface area contributed by atoms with Crippen molar-refractivity contribution in [3.8, 4) is 0 Å². The van der Waals surface area contributed by atoms with E-state index in [0.717, 1.165) is 5.69 Å². The van der Waals surface area contributed by atoms with E-state index in [9.17, 15) is 14.7 Å². The highest BCUT2D eigenvalue weighted by Gasteiger charge is 2.32. The molecule has 4 heteroatoms. The molecule has 1 heterocycles. The molecule has 4 nitrogen and oxygen atoms in total. The number of benzene rings is 1. The quantitative estimate of drug-likeness (QED) is 0.908. The van der Waals surface area contributed by atoms with Crippen molar-refractivity contribution in [2.75, 3.05) is 11.4 Å². The van der Waals surface area contributed by atoms with Gasteiger partial charge in [-0.2, -0.15) is 0 Å². The lowest BCUT2D eigenvalue weighted by Crippen LogP contribution is -2.45. The first-order chi connectivity index (χ1) is 9.02. The number of Topliss-reactive ketones (excluding diaryl/α,β-unsaturated/α-hetero) is 1. The number of ketones is 1. The Labute approximate surface area is 113 Å². The van der Waals surface area contributed by atoms with Gasteiger partial charge in [-0.1, -0.05) is 26.0 Å². The number of carbonyl (C=O) groups is 2. The zero-order chi connectivity index (χ0) is 14.0. The Hall–Kier alpha value is -1.84. The first kappa shape index (κ1) is 13.6. The predicted molar refractivity (Wildman–Crippen MR) is 73.6 cm³/mol. The second-order valence-electron chi connectivity index (χ2n) is 5.26. The van der Waals surface area contributed by atoms with Crippen LogP contribution in [0.25, 0.3) is 0 Å². The highest BCUT2D eigenvalue weighted by molar-refractivity contribution is 6.02. The molecule has 1 atom stereocenters. The van der Waals surface area contributed by atoms with E-state index < -0.39 is 12.0 Å². The van der Waals surface area contributed by atoms with E-state index in [-0.39, 0.29) is 11.7 Å². The summed E-state index contributed by atoms with van der Waals surface area (Å²) in [5.74, 6) is -0.746. The maximum atomic E-state index is 12.0. The van der Waals surface area contributed by atoms with E-state index in [1.54, 1.807) is 6.07 Å². The minimum absolute atomic E-state index is 0.0150. The average Bonchev–Trinajstić information content (AvgIpc) is 2.50. The van der Waals surface area contributed by atoms with Crippen molar-refractivity contribution in [2.45, 2.75) is 32.7 Å². The highest BCUT2D eigenvalue weighted by atomic mass is 16.4. The van der Waals surface area contributed by atoms with Crippen molar-refractivity contribution in [3.05, 3.63) is 29.8 Å². The Kier molecular flexibility index (Phi) is 3.88. The van der Waals surface area contributed by atoms with Crippen LogP contribution in [0.1, 0.15) is 37.0 Å². The Morgan fingerprint density at radius 2 is 2.00 bits per heavy atom. The number of fused-ring (bicyclic) bond motifs is 1. The van der Waals surface area contributed by atoms with E-state index in [1.807, 2.05) is 36.9 Å². The largest absolute Gasteiger partial charge is 0.480 e.